The number of alkyl halides is 3. The van der Waals surface area contributed by atoms with E-state index in [9.17, 15) is 13.2 Å². The van der Waals surface area contributed by atoms with Crippen LogP contribution in [0.4, 0.5) is 13.2 Å². The molecule has 0 aliphatic heterocycles. The monoisotopic (exact) mass is 322 g/mol. The summed E-state index contributed by atoms with van der Waals surface area (Å²) < 4.78 is 46.9. The Morgan fingerprint density at radius 1 is 1.33 bits per heavy atom. The molecule has 0 atom stereocenters. The largest absolute Gasteiger partial charge is 0.496 e. The van der Waals surface area contributed by atoms with Gasteiger partial charge in [0.15, 0.2) is 0 Å². The number of hydrogen-bond donors (Lipinski definition) is 0. The van der Waals surface area contributed by atoms with Crippen LogP contribution in [0.5, 0.6) is 5.75 Å². The minimum absolute atomic E-state index is 0.180. The van der Waals surface area contributed by atoms with Gasteiger partial charge in [0.25, 0.3) is 0 Å². The maximum atomic E-state index is 12.3. The average Bonchev–Trinajstić information content (AvgIpc) is 2.77. The van der Waals surface area contributed by atoms with Crippen LogP contribution < -0.4 is 4.74 Å². The molecule has 1 aromatic heterocycles. The van der Waals surface area contributed by atoms with Crippen LogP contribution in [0.1, 0.15) is 5.89 Å². The molecule has 0 saturated carbocycles. The van der Waals surface area contributed by atoms with E-state index < -0.39 is 12.1 Å². The number of methoxy groups -OCH3 is 1. The topological polar surface area (TPSA) is 48.2 Å². The van der Waals surface area contributed by atoms with Gasteiger partial charge in [0, 0.05) is 4.47 Å². The first kappa shape index (κ1) is 12.9. The second-order valence-corrected chi connectivity index (χ2v) is 4.18. The summed E-state index contributed by atoms with van der Waals surface area (Å²) in [5.41, 5.74) is 0.311. The maximum absolute atomic E-state index is 12.3. The molecule has 4 nitrogen and oxygen atoms in total. The summed E-state index contributed by atoms with van der Waals surface area (Å²) in [5.74, 6) is -1.22. The molecule has 1 heterocycles. The van der Waals surface area contributed by atoms with Gasteiger partial charge in [-0.05, 0) is 18.2 Å². The third kappa shape index (κ3) is 2.47. The molecule has 2 aromatic rings. The van der Waals surface area contributed by atoms with Crippen molar-refractivity contribution in [1.29, 1.82) is 0 Å². The number of benzene rings is 1. The van der Waals surface area contributed by atoms with Gasteiger partial charge in [-0.3, -0.25) is 0 Å². The summed E-state index contributed by atoms with van der Waals surface area (Å²) in [5, 5.41) is 3.30. The Balaban J connectivity index is 2.49. The fourth-order valence-corrected chi connectivity index (χ4v) is 1.66. The maximum Gasteiger partial charge on any atom is 0.471 e. The Bertz CT molecular complexity index is 568. The lowest BCUT2D eigenvalue weighted by atomic mass is 10.2. The first-order valence-electron chi connectivity index (χ1n) is 4.66. The van der Waals surface area contributed by atoms with Crippen molar-refractivity contribution in [3.8, 4) is 17.1 Å². The van der Waals surface area contributed by atoms with Crippen LogP contribution in [0, 0.1) is 0 Å². The summed E-state index contributed by atoms with van der Waals surface area (Å²) in [7, 11) is 1.40. The Labute approximate surface area is 108 Å². The summed E-state index contributed by atoms with van der Waals surface area (Å²) in [6.45, 7) is 0. The highest BCUT2D eigenvalue weighted by molar-refractivity contribution is 9.10. The van der Waals surface area contributed by atoms with Gasteiger partial charge in [0.1, 0.15) is 5.75 Å². The Hall–Kier alpha value is -1.57. The fourth-order valence-electron chi connectivity index (χ4n) is 1.30. The van der Waals surface area contributed by atoms with Crippen molar-refractivity contribution >= 4 is 15.9 Å². The van der Waals surface area contributed by atoms with E-state index in [1.807, 2.05) is 0 Å². The molecule has 0 aliphatic carbocycles. The fraction of sp³-hybridized carbons (Fsp3) is 0.200. The number of aromatic nitrogens is 2. The normalized spacial score (nSPS) is 11.6. The summed E-state index contributed by atoms with van der Waals surface area (Å²) in [4.78, 5) is 3.30. The van der Waals surface area contributed by atoms with Gasteiger partial charge in [-0.2, -0.15) is 18.2 Å². The van der Waals surface area contributed by atoms with Crippen molar-refractivity contribution in [2.45, 2.75) is 6.18 Å². The highest BCUT2D eigenvalue weighted by atomic mass is 79.9. The molecule has 1 aromatic carbocycles. The molecule has 2 rings (SSSR count). The van der Waals surface area contributed by atoms with Gasteiger partial charge in [-0.25, -0.2) is 0 Å². The second-order valence-electron chi connectivity index (χ2n) is 3.27. The quantitative estimate of drug-likeness (QED) is 0.848. The zero-order valence-corrected chi connectivity index (χ0v) is 10.5. The predicted molar refractivity (Wildman–Crippen MR) is 59.0 cm³/mol. The highest BCUT2D eigenvalue weighted by Gasteiger charge is 2.38. The lowest BCUT2D eigenvalue weighted by molar-refractivity contribution is -0.159. The van der Waals surface area contributed by atoms with Crippen molar-refractivity contribution in [1.82, 2.24) is 10.1 Å². The molecule has 8 heteroatoms. The molecule has 0 aliphatic rings. The molecule has 18 heavy (non-hydrogen) atoms. The first-order chi connectivity index (χ1) is 8.41. The Kier molecular flexibility index (Phi) is 3.29. The van der Waals surface area contributed by atoms with E-state index in [1.54, 1.807) is 18.2 Å². The molecule has 0 bridgehead atoms. The van der Waals surface area contributed by atoms with Crippen molar-refractivity contribution in [2.24, 2.45) is 0 Å². The molecule has 0 saturated heterocycles. The van der Waals surface area contributed by atoms with Crippen LogP contribution in [0.3, 0.4) is 0 Å². The summed E-state index contributed by atoms with van der Waals surface area (Å²) in [6, 6.07) is 4.82. The molecule has 0 amide bonds. The molecule has 0 unspecified atom stereocenters. The zero-order valence-electron chi connectivity index (χ0n) is 8.95. The number of nitrogens with zero attached hydrogens (tertiary/aromatic N) is 2. The minimum atomic E-state index is -4.66. The van der Waals surface area contributed by atoms with E-state index in [1.165, 1.54) is 7.11 Å². The highest BCUT2D eigenvalue weighted by Crippen LogP contribution is 2.33. The number of hydrogen-bond acceptors (Lipinski definition) is 4. The van der Waals surface area contributed by atoms with E-state index in [0.717, 1.165) is 0 Å². The van der Waals surface area contributed by atoms with Gasteiger partial charge in [-0.1, -0.05) is 21.1 Å². The van der Waals surface area contributed by atoms with Crippen molar-refractivity contribution in [3.63, 3.8) is 0 Å². The van der Waals surface area contributed by atoms with E-state index >= 15 is 0 Å². The summed E-state index contributed by atoms with van der Waals surface area (Å²) in [6.07, 6.45) is -4.66. The molecule has 0 radical (unpaired) electrons. The molecular formula is C10H6BrF3N2O2. The van der Waals surface area contributed by atoms with Crippen LogP contribution in [0.2, 0.25) is 0 Å². The first-order valence-corrected chi connectivity index (χ1v) is 5.46. The van der Waals surface area contributed by atoms with Gasteiger partial charge in [0.05, 0.1) is 12.7 Å². The van der Waals surface area contributed by atoms with Crippen molar-refractivity contribution < 1.29 is 22.4 Å². The standard InChI is InChI=1S/C10H6BrF3N2O2/c1-17-7-3-2-5(11)4-6(7)8-15-9(18-16-8)10(12,13)14/h2-4H,1H3. The number of halogens is 4. The van der Waals surface area contributed by atoms with Gasteiger partial charge in [0.2, 0.25) is 5.82 Å². The van der Waals surface area contributed by atoms with E-state index in [0.29, 0.717) is 15.8 Å². The Morgan fingerprint density at radius 3 is 2.61 bits per heavy atom. The third-order valence-electron chi connectivity index (χ3n) is 2.07. The van der Waals surface area contributed by atoms with E-state index in [2.05, 4.69) is 30.6 Å². The van der Waals surface area contributed by atoms with Gasteiger partial charge in [-0.15, -0.1) is 0 Å². The molecular weight excluding hydrogens is 317 g/mol. The molecule has 0 spiro atoms. The molecule has 0 fully saturated rings. The lowest BCUT2D eigenvalue weighted by Gasteiger charge is -2.04. The van der Waals surface area contributed by atoms with E-state index in [4.69, 9.17) is 4.74 Å². The average molecular weight is 323 g/mol. The molecule has 0 N–H and O–H groups in total. The van der Waals surface area contributed by atoms with Crippen LogP contribution >= 0.6 is 15.9 Å². The van der Waals surface area contributed by atoms with Crippen molar-refractivity contribution in [2.75, 3.05) is 7.11 Å². The zero-order chi connectivity index (χ0) is 13.3. The Morgan fingerprint density at radius 2 is 2.06 bits per heavy atom. The van der Waals surface area contributed by atoms with Gasteiger partial charge < -0.3 is 9.26 Å². The SMILES string of the molecule is COc1ccc(Br)cc1-c1noc(C(F)(F)F)n1. The lowest BCUT2D eigenvalue weighted by Crippen LogP contribution is -2.04. The number of ether oxygens (including phenoxy) is 1. The van der Waals surface area contributed by atoms with Crippen LogP contribution in [-0.4, -0.2) is 17.3 Å². The van der Waals surface area contributed by atoms with Crippen LogP contribution in [0.15, 0.2) is 27.2 Å². The predicted octanol–water partition coefficient (Wildman–Crippen LogP) is 3.53. The van der Waals surface area contributed by atoms with Gasteiger partial charge >= 0.3 is 12.1 Å². The minimum Gasteiger partial charge on any atom is -0.496 e. The molecule has 96 valence electrons. The van der Waals surface area contributed by atoms with Crippen molar-refractivity contribution in [3.05, 3.63) is 28.6 Å². The van der Waals surface area contributed by atoms with E-state index in [-0.39, 0.29) is 5.82 Å². The summed E-state index contributed by atoms with van der Waals surface area (Å²) >= 11 is 3.21. The number of rotatable bonds is 2. The van der Waals surface area contributed by atoms with Crippen LogP contribution in [-0.2, 0) is 6.18 Å². The third-order valence-corrected chi connectivity index (χ3v) is 2.56. The van der Waals surface area contributed by atoms with Crippen LogP contribution in [0.25, 0.3) is 11.4 Å². The smallest absolute Gasteiger partial charge is 0.471 e. The second kappa shape index (κ2) is 4.60.